The van der Waals surface area contributed by atoms with Gasteiger partial charge in [0.1, 0.15) is 0 Å². The molecule has 0 aromatic heterocycles. The van der Waals surface area contributed by atoms with Crippen LogP contribution in [0.5, 0.6) is 0 Å². The van der Waals surface area contributed by atoms with Gasteiger partial charge in [-0.2, -0.15) is 0 Å². The van der Waals surface area contributed by atoms with E-state index in [2.05, 4.69) is 22.8 Å². The molecule has 162 valence electrons. The van der Waals surface area contributed by atoms with Crippen LogP contribution in [0, 0.1) is 0 Å². The maximum Gasteiger partial charge on any atom is 0.321 e. The molecule has 3 rings (SSSR count). The Balaban J connectivity index is 1.59. The lowest BCUT2D eigenvalue weighted by Crippen LogP contribution is -2.52. The van der Waals surface area contributed by atoms with Crippen molar-refractivity contribution >= 4 is 11.7 Å². The van der Waals surface area contributed by atoms with E-state index in [1.54, 1.807) is 11.9 Å². The van der Waals surface area contributed by atoms with E-state index in [1.807, 2.05) is 78.9 Å². The largest absolute Gasteiger partial charge is 0.390 e. The Morgan fingerprint density at radius 2 is 1.42 bits per heavy atom. The molecule has 0 bridgehead atoms. The first-order valence-electron chi connectivity index (χ1n) is 10.7. The quantitative estimate of drug-likeness (QED) is 0.441. The number of para-hydroxylation sites is 1. The summed E-state index contributed by atoms with van der Waals surface area (Å²) in [6.45, 7) is 1.16. The number of hydrogen-bond donors (Lipinski definition) is 3. The van der Waals surface area contributed by atoms with Crippen LogP contribution in [0.1, 0.15) is 11.1 Å². The second-order valence-electron chi connectivity index (χ2n) is 7.65. The second-order valence-corrected chi connectivity index (χ2v) is 7.65. The van der Waals surface area contributed by atoms with E-state index < -0.39 is 12.1 Å². The number of carbonyl (C=O) groups excluding carboxylic acids is 1. The zero-order chi connectivity index (χ0) is 21.9. The molecule has 5 heteroatoms. The number of urea groups is 1. The van der Waals surface area contributed by atoms with Crippen molar-refractivity contribution in [3.05, 3.63) is 102 Å². The normalized spacial score (nSPS) is 12.7. The summed E-state index contributed by atoms with van der Waals surface area (Å²) in [6.07, 6.45) is 0.723. The minimum Gasteiger partial charge on any atom is -0.390 e. The van der Waals surface area contributed by atoms with E-state index >= 15 is 0 Å². The van der Waals surface area contributed by atoms with Crippen LogP contribution in [-0.2, 0) is 12.8 Å². The SMILES string of the molecule is CN(C(=O)NC(Cc1ccccc1)C(O)CNCCc1ccccc1)c1ccccc1. The average Bonchev–Trinajstić information content (AvgIpc) is 2.82. The molecule has 0 saturated heterocycles. The summed E-state index contributed by atoms with van der Waals surface area (Å²) in [4.78, 5) is 14.4. The zero-order valence-corrected chi connectivity index (χ0v) is 17.9. The van der Waals surface area contributed by atoms with Crippen LogP contribution in [0.25, 0.3) is 0 Å². The van der Waals surface area contributed by atoms with E-state index in [1.165, 1.54) is 5.56 Å². The Labute approximate surface area is 184 Å². The number of aliphatic hydroxyl groups is 1. The molecule has 0 heterocycles. The topological polar surface area (TPSA) is 64.6 Å². The smallest absolute Gasteiger partial charge is 0.321 e. The molecule has 0 aliphatic carbocycles. The number of amides is 2. The fourth-order valence-electron chi connectivity index (χ4n) is 3.45. The Morgan fingerprint density at radius 3 is 2.03 bits per heavy atom. The van der Waals surface area contributed by atoms with Crippen LogP contribution in [0.3, 0.4) is 0 Å². The second kappa shape index (κ2) is 11.9. The Bertz CT molecular complexity index is 904. The molecular weight excluding hydrogens is 386 g/mol. The molecule has 0 fully saturated rings. The molecule has 5 nitrogen and oxygen atoms in total. The fraction of sp³-hybridized carbons (Fsp3) is 0.269. The molecule has 3 N–H and O–H groups in total. The summed E-state index contributed by atoms with van der Waals surface area (Å²) in [7, 11) is 1.73. The zero-order valence-electron chi connectivity index (χ0n) is 17.9. The van der Waals surface area contributed by atoms with Gasteiger partial charge < -0.3 is 15.7 Å². The molecule has 0 radical (unpaired) electrons. The summed E-state index contributed by atoms with van der Waals surface area (Å²) < 4.78 is 0. The Hall–Kier alpha value is -3.15. The van der Waals surface area contributed by atoms with Crippen LogP contribution in [0.2, 0.25) is 0 Å². The van der Waals surface area contributed by atoms with Crippen LogP contribution in [0.15, 0.2) is 91.0 Å². The molecule has 2 atom stereocenters. The van der Waals surface area contributed by atoms with Crippen LogP contribution < -0.4 is 15.5 Å². The number of nitrogens with one attached hydrogen (secondary N) is 2. The van der Waals surface area contributed by atoms with Crippen molar-refractivity contribution in [1.29, 1.82) is 0 Å². The van der Waals surface area contributed by atoms with Gasteiger partial charge in [0.05, 0.1) is 12.1 Å². The van der Waals surface area contributed by atoms with E-state index in [-0.39, 0.29) is 6.03 Å². The highest BCUT2D eigenvalue weighted by Gasteiger charge is 2.23. The summed E-state index contributed by atoms with van der Waals surface area (Å²) >= 11 is 0. The van der Waals surface area contributed by atoms with E-state index in [4.69, 9.17) is 0 Å². The standard InChI is InChI=1S/C26H31N3O2/c1-29(23-15-9-4-10-16-23)26(31)28-24(19-22-13-7-3-8-14-22)25(30)20-27-18-17-21-11-5-2-6-12-21/h2-16,24-25,27,30H,17-20H2,1H3,(H,28,31). The summed E-state index contributed by atoms with van der Waals surface area (Å²) in [5, 5.41) is 17.2. The first kappa shape index (κ1) is 22.5. The lowest BCUT2D eigenvalue weighted by Gasteiger charge is -2.27. The van der Waals surface area contributed by atoms with Gasteiger partial charge in [0.2, 0.25) is 0 Å². The van der Waals surface area contributed by atoms with Crippen molar-refractivity contribution in [2.75, 3.05) is 25.0 Å². The first-order chi connectivity index (χ1) is 15.1. The molecule has 2 unspecified atom stereocenters. The van der Waals surface area contributed by atoms with E-state index in [0.717, 1.165) is 24.2 Å². The number of benzene rings is 3. The molecule has 0 spiro atoms. The summed E-state index contributed by atoms with van der Waals surface area (Å²) in [5.74, 6) is 0. The molecule has 0 aliphatic rings. The van der Waals surface area contributed by atoms with Crippen molar-refractivity contribution in [3.63, 3.8) is 0 Å². The monoisotopic (exact) mass is 417 g/mol. The number of anilines is 1. The lowest BCUT2D eigenvalue weighted by molar-refractivity contribution is 0.128. The van der Waals surface area contributed by atoms with Crippen LogP contribution in [-0.4, -0.2) is 43.4 Å². The number of aliphatic hydroxyl groups excluding tert-OH is 1. The molecule has 0 saturated carbocycles. The third-order valence-corrected chi connectivity index (χ3v) is 5.31. The number of carbonyl (C=O) groups is 1. The number of rotatable bonds is 10. The van der Waals surface area contributed by atoms with Crippen molar-refractivity contribution in [2.45, 2.75) is 25.0 Å². The van der Waals surface area contributed by atoms with E-state index in [0.29, 0.717) is 13.0 Å². The van der Waals surface area contributed by atoms with Gasteiger partial charge in [0, 0.05) is 19.3 Å². The van der Waals surface area contributed by atoms with Gasteiger partial charge >= 0.3 is 6.03 Å². The van der Waals surface area contributed by atoms with Crippen molar-refractivity contribution in [2.24, 2.45) is 0 Å². The fourth-order valence-corrected chi connectivity index (χ4v) is 3.45. The minimum atomic E-state index is -0.718. The maximum atomic E-state index is 12.8. The summed E-state index contributed by atoms with van der Waals surface area (Å²) in [6, 6.07) is 29.0. The molecule has 2 amide bonds. The third kappa shape index (κ3) is 7.24. The van der Waals surface area contributed by atoms with Gasteiger partial charge in [-0.15, -0.1) is 0 Å². The highest BCUT2D eigenvalue weighted by atomic mass is 16.3. The van der Waals surface area contributed by atoms with E-state index in [9.17, 15) is 9.90 Å². The number of hydrogen-bond acceptors (Lipinski definition) is 3. The van der Waals surface area contributed by atoms with Crippen molar-refractivity contribution < 1.29 is 9.90 Å². The van der Waals surface area contributed by atoms with Gasteiger partial charge in [-0.1, -0.05) is 78.9 Å². The van der Waals surface area contributed by atoms with Crippen LogP contribution in [0.4, 0.5) is 10.5 Å². The lowest BCUT2D eigenvalue weighted by atomic mass is 10.0. The molecule has 3 aromatic carbocycles. The van der Waals surface area contributed by atoms with Gasteiger partial charge in [-0.05, 0) is 42.6 Å². The minimum absolute atomic E-state index is 0.240. The summed E-state index contributed by atoms with van der Waals surface area (Å²) in [5.41, 5.74) is 3.12. The Kier molecular flexibility index (Phi) is 8.64. The number of nitrogens with zero attached hydrogens (tertiary/aromatic N) is 1. The Morgan fingerprint density at radius 1 is 0.871 bits per heavy atom. The van der Waals surface area contributed by atoms with Gasteiger partial charge in [0.25, 0.3) is 0 Å². The van der Waals surface area contributed by atoms with Crippen molar-refractivity contribution in [3.8, 4) is 0 Å². The van der Waals surface area contributed by atoms with Crippen LogP contribution >= 0.6 is 0 Å². The molecular formula is C26H31N3O2. The highest BCUT2D eigenvalue weighted by molar-refractivity contribution is 5.91. The highest BCUT2D eigenvalue weighted by Crippen LogP contribution is 2.12. The molecule has 3 aromatic rings. The van der Waals surface area contributed by atoms with Gasteiger partial charge in [-0.25, -0.2) is 4.79 Å². The molecule has 31 heavy (non-hydrogen) atoms. The third-order valence-electron chi connectivity index (χ3n) is 5.31. The van der Waals surface area contributed by atoms with Crippen molar-refractivity contribution in [1.82, 2.24) is 10.6 Å². The van der Waals surface area contributed by atoms with Gasteiger partial charge in [0.15, 0.2) is 0 Å². The van der Waals surface area contributed by atoms with Gasteiger partial charge in [-0.3, -0.25) is 4.90 Å². The molecule has 0 aliphatic heterocycles. The maximum absolute atomic E-state index is 12.8. The predicted octanol–water partition coefficient (Wildman–Crippen LogP) is 3.64. The first-order valence-corrected chi connectivity index (χ1v) is 10.7. The predicted molar refractivity (Wildman–Crippen MR) is 126 cm³/mol. The average molecular weight is 418 g/mol.